The second-order valence-electron chi connectivity index (χ2n) is 2.86. The zero-order valence-electron chi connectivity index (χ0n) is 7.95. The molecule has 0 fully saturated rings. The fraction of sp³-hybridized carbons (Fsp3) is 0.667. The number of nitrogens with zero attached hydrogens (tertiary/aromatic N) is 1. The average Bonchev–Trinajstić information content (AvgIpc) is 2.16. The Morgan fingerprint density at radius 3 is 2.92 bits per heavy atom. The first kappa shape index (κ1) is 11.8. The maximum absolute atomic E-state index is 8.34. The van der Waals surface area contributed by atoms with E-state index in [-0.39, 0.29) is 11.9 Å². The van der Waals surface area contributed by atoms with Crippen LogP contribution in [-0.2, 0) is 0 Å². The molecular formula is C9H17N3O. The number of terminal acetylenes is 1. The summed E-state index contributed by atoms with van der Waals surface area (Å²) in [5.74, 6) is 2.78. The van der Waals surface area contributed by atoms with Crippen molar-refractivity contribution in [2.45, 2.75) is 32.2 Å². The Morgan fingerprint density at radius 2 is 2.38 bits per heavy atom. The molecule has 0 saturated heterocycles. The second kappa shape index (κ2) is 7.44. The molecule has 1 unspecified atom stereocenters. The second-order valence-corrected chi connectivity index (χ2v) is 2.86. The minimum Gasteiger partial charge on any atom is -0.409 e. The van der Waals surface area contributed by atoms with E-state index < -0.39 is 0 Å². The van der Waals surface area contributed by atoms with Crippen molar-refractivity contribution in [3.05, 3.63) is 0 Å². The van der Waals surface area contributed by atoms with Gasteiger partial charge in [0.25, 0.3) is 0 Å². The summed E-state index contributed by atoms with van der Waals surface area (Å²) in [6.45, 7) is 2.68. The summed E-state index contributed by atoms with van der Waals surface area (Å²) in [7, 11) is 0. The van der Waals surface area contributed by atoms with E-state index in [4.69, 9.17) is 17.4 Å². The van der Waals surface area contributed by atoms with Crippen molar-refractivity contribution in [1.82, 2.24) is 5.32 Å². The van der Waals surface area contributed by atoms with Crippen LogP contribution in [0.3, 0.4) is 0 Å². The van der Waals surface area contributed by atoms with Gasteiger partial charge in [-0.3, -0.25) is 0 Å². The molecule has 0 heterocycles. The van der Waals surface area contributed by atoms with E-state index in [2.05, 4.69) is 16.4 Å². The van der Waals surface area contributed by atoms with Gasteiger partial charge in [0.1, 0.15) is 0 Å². The Labute approximate surface area is 79.2 Å². The van der Waals surface area contributed by atoms with Gasteiger partial charge in [-0.1, -0.05) is 5.16 Å². The van der Waals surface area contributed by atoms with E-state index >= 15 is 0 Å². The summed E-state index contributed by atoms with van der Waals surface area (Å²) in [5.41, 5.74) is 5.36. The molecule has 74 valence electrons. The maximum Gasteiger partial charge on any atom is 0.156 e. The van der Waals surface area contributed by atoms with Gasteiger partial charge in [0.2, 0.25) is 0 Å². The number of amidine groups is 1. The van der Waals surface area contributed by atoms with Crippen molar-refractivity contribution in [2.75, 3.05) is 6.54 Å². The molecule has 13 heavy (non-hydrogen) atoms. The molecular weight excluding hydrogens is 166 g/mol. The Hall–Kier alpha value is -1.21. The minimum absolute atomic E-state index is 0.0872. The summed E-state index contributed by atoms with van der Waals surface area (Å²) in [4.78, 5) is 0. The molecule has 0 bridgehead atoms. The first-order valence-electron chi connectivity index (χ1n) is 4.36. The van der Waals surface area contributed by atoms with E-state index in [1.54, 1.807) is 0 Å². The molecule has 0 aromatic rings. The van der Waals surface area contributed by atoms with Gasteiger partial charge in [0.05, 0.1) is 6.04 Å². The highest BCUT2D eigenvalue weighted by Gasteiger charge is 2.04. The Bertz CT molecular complexity index is 196. The smallest absolute Gasteiger partial charge is 0.156 e. The molecule has 4 heteroatoms. The number of hydrogen-bond donors (Lipinski definition) is 3. The van der Waals surface area contributed by atoms with Gasteiger partial charge in [-0.05, 0) is 26.3 Å². The monoisotopic (exact) mass is 183 g/mol. The first-order valence-corrected chi connectivity index (χ1v) is 4.36. The lowest BCUT2D eigenvalue weighted by atomic mass is 10.2. The van der Waals surface area contributed by atoms with Crippen LogP contribution in [0.25, 0.3) is 0 Å². The van der Waals surface area contributed by atoms with E-state index in [0.29, 0.717) is 0 Å². The van der Waals surface area contributed by atoms with Gasteiger partial charge in [0, 0.05) is 6.42 Å². The summed E-state index contributed by atoms with van der Waals surface area (Å²) in [6.07, 6.45) is 7.92. The standard InChI is InChI=1S/C9H17N3O/c1-3-4-5-6-7-11-8(2)9(10)12-13/h1,8,11,13H,4-7H2,2H3,(H2,10,12). The molecule has 0 aliphatic rings. The third-order valence-corrected chi connectivity index (χ3v) is 1.76. The van der Waals surface area contributed by atoms with Crippen LogP contribution in [0.4, 0.5) is 0 Å². The molecule has 0 aromatic carbocycles. The number of rotatable bonds is 6. The SMILES string of the molecule is C#CCCCCNC(C)C(N)=NO. The lowest BCUT2D eigenvalue weighted by Gasteiger charge is -2.10. The number of nitrogens with two attached hydrogens (primary N) is 1. The third kappa shape index (κ3) is 6.00. The fourth-order valence-electron chi connectivity index (χ4n) is 0.862. The average molecular weight is 183 g/mol. The zero-order chi connectivity index (χ0) is 10.1. The lowest BCUT2D eigenvalue weighted by molar-refractivity contribution is 0.315. The van der Waals surface area contributed by atoms with Crippen LogP contribution in [0.2, 0.25) is 0 Å². The number of unbranched alkanes of at least 4 members (excludes halogenated alkanes) is 2. The quantitative estimate of drug-likeness (QED) is 0.140. The largest absolute Gasteiger partial charge is 0.409 e. The van der Waals surface area contributed by atoms with Crippen molar-refractivity contribution >= 4 is 5.84 Å². The van der Waals surface area contributed by atoms with Crippen molar-refractivity contribution in [1.29, 1.82) is 0 Å². The molecule has 4 N–H and O–H groups in total. The molecule has 0 aliphatic heterocycles. The van der Waals surface area contributed by atoms with Crippen LogP contribution in [0.15, 0.2) is 5.16 Å². The van der Waals surface area contributed by atoms with Crippen molar-refractivity contribution in [3.8, 4) is 12.3 Å². The third-order valence-electron chi connectivity index (χ3n) is 1.76. The number of nitrogens with one attached hydrogen (secondary N) is 1. The van der Waals surface area contributed by atoms with Gasteiger partial charge in [-0.2, -0.15) is 0 Å². The van der Waals surface area contributed by atoms with Gasteiger partial charge in [-0.25, -0.2) is 0 Å². The van der Waals surface area contributed by atoms with Crippen LogP contribution in [0, 0.1) is 12.3 Å². The molecule has 0 rings (SSSR count). The molecule has 0 amide bonds. The highest BCUT2D eigenvalue weighted by molar-refractivity contribution is 5.84. The Kier molecular flexibility index (Phi) is 6.75. The lowest BCUT2D eigenvalue weighted by Crippen LogP contribution is -2.39. The summed E-state index contributed by atoms with van der Waals surface area (Å²) >= 11 is 0. The van der Waals surface area contributed by atoms with Crippen molar-refractivity contribution < 1.29 is 5.21 Å². The molecule has 0 spiro atoms. The highest BCUT2D eigenvalue weighted by Crippen LogP contribution is 1.92. The maximum atomic E-state index is 8.34. The highest BCUT2D eigenvalue weighted by atomic mass is 16.4. The summed E-state index contributed by atoms with van der Waals surface area (Å²) in [6, 6.07) is -0.0872. The van der Waals surface area contributed by atoms with Gasteiger partial charge in [-0.15, -0.1) is 12.3 Å². The topological polar surface area (TPSA) is 70.6 Å². The molecule has 1 atom stereocenters. The van der Waals surface area contributed by atoms with E-state index in [0.717, 1.165) is 25.8 Å². The zero-order valence-corrected chi connectivity index (χ0v) is 7.95. The van der Waals surface area contributed by atoms with Crippen LogP contribution < -0.4 is 11.1 Å². The molecule has 0 aromatic heterocycles. The molecule has 0 saturated carbocycles. The Balaban J connectivity index is 3.38. The minimum atomic E-state index is -0.0872. The van der Waals surface area contributed by atoms with Gasteiger partial charge >= 0.3 is 0 Å². The van der Waals surface area contributed by atoms with Gasteiger partial charge in [0.15, 0.2) is 5.84 Å². The normalized spacial score (nSPS) is 13.7. The van der Waals surface area contributed by atoms with Crippen LogP contribution >= 0.6 is 0 Å². The fourth-order valence-corrected chi connectivity index (χ4v) is 0.862. The first-order chi connectivity index (χ1) is 6.22. The van der Waals surface area contributed by atoms with E-state index in [1.807, 2.05) is 6.92 Å². The van der Waals surface area contributed by atoms with E-state index in [1.165, 1.54) is 0 Å². The van der Waals surface area contributed by atoms with E-state index in [9.17, 15) is 0 Å². The van der Waals surface area contributed by atoms with Crippen LogP contribution in [0.5, 0.6) is 0 Å². The van der Waals surface area contributed by atoms with Crippen molar-refractivity contribution in [2.24, 2.45) is 10.9 Å². The summed E-state index contributed by atoms with van der Waals surface area (Å²) in [5, 5.41) is 14.4. The van der Waals surface area contributed by atoms with Crippen LogP contribution in [0.1, 0.15) is 26.2 Å². The molecule has 0 radical (unpaired) electrons. The molecule has 4 nitrogen and oxygen atoms in total. The summed E-state index contributed by atoms with van der Waals surface area (Å²) < 4.78 is 0. The number of hydrogen-bond acceptors (Lipinski definition) is 3. The van der Waals surface area contributed by atoms with Crippen LogP contribution in [-0.4, -0.2) is 23.6 Å². The van der Waals surface area contributed by atoms with Gasteiger partial charge < -0.3 is 16.3 Å². The molecule has 0 aliphatic carbocycles. The predicted octanol–water partition coefficient (Wildman–Crippen LogP) is 0.514. The number of oxime groups is 1. The Morgan fingerprint density at radius 1 is 1.69 bits per heavy atom. The predicted molar refractivity (Wildman–Crippen MR) is 53.6 cm³/mol. The van der Waals surface area contributed by atoms with Crippen molar-refractivity contribution in [3.63, 3.8) is 0 Å².